The van der Waals surface area contributed by atoms with Gasteiger partial charge in [-0.05, 0) is 31.4 Å². The van der Waals surface area contributed by atoms with E-state index in [2.05, 4.69) is 34.1 Å². The molecule has 2 saturated carbocycles. The number of hydrogen-bond acceptors (Lipinski definition) is 5. The van der Waals surface area contributed by atoms with E-state index >= 15 is 0 Å². The summed E-state index contributed by atoms with van der Waals surface area (Å²) < 4.78 is 5.32. The van der Waals surface area contributed by atoms with Crippen LogP contribution in [0.2, 0.25) is 0 Å². The van der Waals surface area contributed by atoms with E-state index in [4.69, 9.17) is 4.52 Å². The summed E-state index contributed by atoms with van der Waals surface area (Å²) in [4.78, 5) is 4.48. The third-order valence-electron chi connectivity index (χ3n) is 4.03. The van der Waals surface area contributed by atoms with Crippen molar-refractivity contribution in [1.82, 2.24) is 15.5 Å². The van der Waals surface area contributed by atoms with Crippen LogP contribution in [0, 0.1) is 0 Å². The lowest BCUT2D eigenvalue weighted by molar-refractivity contribution is 0.330. The summed E-state index contributed by atoms with van der Waals surface area (Å²) >= 11 is 2.09. The van der Waals surface area contributed by atoms with Gasteiger partial charge in [-0.2, -0.15) is 16.7 Å². The monoisotopic (exact) mass is 281 g/mol. The molecular weight excluding hydrogens is 258 g/mol. The molecule has 2 fully saturated rings. The van der Waals surface area contributed by atoms with Crippen LogP contribution in [0.1, 0.15) is 63.1 Å². The van der Waals surface area contributed by atoms with E-state index in [1.165, 1.54) is 44.3 Å². The van der Waals surface area contributed by atoms with Gasteiger partial charge in [0.15, 0.2) is 5.82 Å². The van der Waals surface area contributed by atoms with Gasteiger partial charge < -0.3 is 9.84 Å². The summed E-state index contributed by atoms with van der Waals surface area (Å²) in [6.45, 7) is 2.97. The van der Waals surface area contributed by atoms with Crippen LogP contribution in [-0.4, -0.2) is 27.2 Å². The van der Waals surface area contributed by atoms with Gasteiger partial charge >= 0.3 is 0 Å². The molecule has 0 aliphatic heterocycles. The number of thioether (sulfide) groups is 1. The zero-order valence-electron chi connectivity index (χ0n) is 11.6. The van der Waals surface area contributed by atoms with Gasteiger partial charge in [-0.1, -0.05) is 24.9 Å². The molecule has 0 spiro atoms. The first kappa shape index (κ1) is 13.4. The van der Waals surface area contributed by atoms with Gasteiger partial charge in [-0.3, -0.25) is 0 Å². The highest BCUT2D eigenvalue weighted by Gasteiger charge is 2.29. The average molecular weight is 281 g/mol. The molecule has 2 unspecified atom stereocenters. The highest BCUT2D eigenvalue weighted by atomic mass is 32.2. The maximum Gasteiger partial charge on any atom is 0.240 e. The van der Waals surface area contributed by atoms with Crippen LogP contribution in [0.15, 0.2) is 4.52 Å². The Bertz CT molecular complexity index is 403. The molecule has 106 valence electrons. The lowest BCUT2D eigenvalue weighted by Gasteiger charge is -2.31. The Morgan fingerprint density at radius 1 is 1.26 bits per heavy atom. The number of rotatable bonds is 6. The van der Waals surface area contributed by atoms with Gasteiger partial charge in [-0.25, -0.2) is 0 Å². The van der Waals surface area contributed by atoms with Crippen LogP contribution in [0.4, 0.5) is 0 Å². The molecule has 0 radical (unpaired) electrons. The summed E-state index contributed by atoms with van der Waals surface area (Å²) in [6.07, 6.45) is 7.79. The lowest BCUT2D eigenvalue weighted by atomic mass is 9.95. The van der Waals surface area contributed by atoms with Gasteiger partial charge in [0.2, 0.25) is 5.89 Å². The molecule has 2 aliphatic carbocycles. The number of nitrogens with zero attached hydrogens (tertiary/aromatic N) is 2. The van der Waals surface area contributed by atoms with Crippen molar-refractivity contribution < 1.29 is 4.52 Å². The maximum atomic E-state index is 5.32. The van der Waals surface area contributed by atoms with E-state index in [-0.39, 0.29) is 0 Å². The Morgan fingerprint density at radius 2 is 2.11 bits per heavy atom. The summed E-state index contributed by atoms with van der Waals surface area (Å²) in [5.74, 6) is 3.46. The summed E-state index contributed by atoms with van der Waals surface area (Å²) in [6, 6.07) is 0.606. The second-order valence-corrected chi connectivity index (χ2v) is 7.10. The molecule has 4 nitrogen and oxygen atoms in total. The third-order valence-corrected chi connectivity index (χ3v) is 5.35. The third kappa shape index (κ3) is 3.51. The van der Waals surface area contributed by atoms with E-state index in [9.17, 15) is 0 Å². The van der Waals surface area contributed by atoms with Crippen LogP contribution in [-0.2, 0) is 6.54 Å². The Kier molecular flexibility index (Phi) is 4.43. The molecule has 19 heavy (non-hydrogen) atoms. The summed E-state index contributed by atoms with van der Waals surface area (Å²) in [5.41, 5.74) is 0. The molecule has 0 amide bonds. The Balaban J connectivity index is 1.51. The molecule has 1 aromatic rings. The SMILES string of the molecule is CCSC1CCCCC1NCc1nc(C2CC2)no1. The molecular formula is C14H23N3OS. The molecule has 3 rings (SSSR count). The quantitative estimate of drug-likeness (QED) is 0.868. The molecule has 0 aromatic carbocycles. The van der Waals surface area contributed by atoms with E-state index in [0.29, 0.717) is 12.0 Å². The van der Waals surface area contributed by atoms with Gasteiger partial charge in [0.05, 0.1) is 6.54 Å². The lowest BCUT2D eigenvalue weighted by Crippen LogP contribution is -2.40. The van der Waals surface area contributed by atoms with Crippen molar-refractivity contribution in [1.29, 1.82) is 0 Å². The van der Waals surface area contributed by atoms with Crippen molar-refractivity contribution in [3.8, 4) is 0 Å². The van der Waals surface area contributed by atoms with Gasteiger partial charge in [-0.15, -0.1) is 0 Å². The van der Waals surface area contributed by atoms with Crippen molar-refractivity contribution in [3.05, 3.63) is 11.7 Å². The van der Waals surface area contributed by atoms with Crippen LogP contribution < -0.4 is 5.32 Å². The minimum Gasteiger partial charge on any atom is -0.338 e. The van der Waals surface area contributed by atoms with Gasteiger partial charge in [0.1, 0.15) is 0 Å². The Labute approximate surface area is 119 Å². The van der Waals surface area contributed by atoms with Crippen LogP contribution >= 0.6 is 11.8 Å². The van der Waals surface area contributed by atoms with E-state index in [1.54, 1.807) is 0 Å². The first-order valence-electron chi connectivity index (χ1n) is 7.54. The molecule has 0 bridgehead atoms. The molecule has 2 aliphatic rings. The minimum atomic E-state index is 0.579. The predicted octanol–water partition coefficient (Wildman–Crippen LogP) is 3.10. The number of nitrogens with one attached hydrogen (secondary N) is 1. The molecule has 1 heterocycles. The summed E-state index contributed by atoms with van der Waals surface area (Å²) in [7, 11) is 0. The highest BCUT2D eigenvalue weighted by Crippen LogP contribution is 2.38. The smallest absolute Gasteiger partial charge is 0.240 e. The van der Waals surface area contributed by atoms with Crippen molar-refractivity contribution in [2.24, 2.45) is 0 Å². The highest BCUT2D eigenvalue weighted by molar-refractivity contribution is 7.99. The fourth-order valence-corrected chi connectivity index (χ4v) is 4.04. The van der Waals surface area contributed by atoms with E-state index < -0.39 is 0 Å². The largest absolute Gasteiger partial charge is 0.338 e. The van der Waals surface area contributed by atoms with Crippen LogP contribution in [0.3, 0.4) is 0 Å². The number of aromatic nitrogens is 2. The average Bonchev–Trinajstić information content (AvgIpc) is 3.18. The van der Waals surface area contributed by atoms with Crippen molar-refractivity contribution in [2.75, 3.05) is 5.75 Å². The summed E-state index contributed by atoms with van der Waals surface area (Å²) in [5, 5.41) is 8.45. The standard InChI is InChI=1S/C14H23N3OS/c1-2-19-12-6-4-3-5-11(12)15-9-13-16-14(17-18-13)10-7-8-10/h10-12,15H,2-9H2,1H3. The van der Waals surface area contributed by atoms with Crippen LogP contribution in [0.5, 0.6) is 0 Å². The Morgan fingerprint density at radius 3 is 2.89 bits per heavy atom. The molecule has 1 N–H and O–H groups in total. The molecule has 2 atom stereocenters. The first-order valence-corrected chi connectivity index (χ1v) is 8.59. The van der Waals surface area contributed by atoms with E-state index in [0.717, 1.165) is 23.5 Å². The minimum absolute atomic E-state index is 0.579. The molecule has 1 aromatic heterocycles. The van der Waals surface area contributed by atoms with Gasteiger partial charge in [0.25, 0.3) is 0 Å². The molecule has 5 heteroatoms. The maximum absolute atomic E-state index is 5.32. The van der Waals surface area contributed by atoms with Crippen LogP contribution in [0.25, 0.3) is 0 Å². The van der Waals surface area contributed by atoms with Crippen molar-refractivity contribution in [2.45, 2.75) is 69.2 Å². The zero-order valence-corrected chi connectivity index (χ0v) is 12.4. The fourth-order valence-electron chi connectivity index (χ4n) is 2.81. The fraction of sp³-hybridized carbons (Fsp3) is 0.857. The Hall–Kier alpha value is -0.550. The van der Waals surface area contributed by atoms with Gasteiger partial charge in [0, 0.05) is 17.2 Å². The normalized spacial score (nSPS) is 27.6. The van der Waals surface area contributed by atoms with Crippen molar-refractivity contribution in [3.63, 3.8) is 0 Å². The number of hydrogen-bond donors (Lipinski definition) is 1. The predicted molar refractivity (Wildman–Crippen MR) is 77.3 cm³/mol. The second kappa shape index (κ2) is 6.27. The first-order chi connectivity index (χ1) is 9.36. The zero-order chi connectivity index (χ0) is 13.1. The van der Waals surface area contributed by atoms with E-state index in [1.807, 2.05) is 0 Å². The van der Waals surface area contributed by atoms with Crippen molar-refractivity contribution >= 4 is 11.8 Å². The second-order valence-electron chi connectivity index (χ2n) is 5.59. The molecule has 0 saturated heterocycles. The topological polar surface area (TPSA) is 51.0 Å².